The lowest BCUT2D eigenvalue weighted by atomic mass is 10.1. The van der Waals surface area contributed by atoms with Gasteiger partial charge in [-0.05, 0) is 37.3 Å². The first kappa shape index (κ1) is 14.0. The number of carbonyl (C=O) groups is 1. The number of benzene rings is 2. The molecule has 0 amide bonds. The molecular weight excluding hydrogens is 264 g/mol. The van der Waals surface area contributed by atoms with Crippen molar-refractivity contribution in [3.05, 3.63) is 59.7 Å². The Morgan fingerprint density at radius 1 is 1.15 bits per heavy atom. The second-order valence-corrected chi connectivity index (χ2v) is 4.16. The van der Waals surface area contributed by atoms with Gasteiger partial charge in [0.25, 0.3) is 0 Å². The van der Waals surface area contributed by atoms with Gasteiger partial charge in [0.1, 0.15) is 11.6 Å². The number of halogens is 2. The third kappa shape index (κ3) is 2.61. The van der Waals surface area contributed by atoms with Gasteiger partial charge in [-0.25, -0.2) is 13.6 Å². The van der Waals surface area contributed by atoms with Crippen LogP contribution >= 0.6 is 0 Å². The quantitative estimate of drug-likeness (QED) is 0.923. The van der Waals surface area contributed by atoms with Gasteiger partial charge in [-0.1, -0.05) is 12.1 Å². The molecule has 0 heterocycles. The molecule has 2 aromatic rings. The summed E-state index contributed by atoms with van der Waals surface area (Å²) in [6.07, 6.45) is 0. The predicted molar refractivity (Wildman–Crippen MR) is 72.4 cm³/mol. The maximum absolute atomic E-state index is 13.8. The fourth-order valence-electron chi connectivity index (χ4n) is 2.01. The minimum atomic E-state index is -1.33. The van der Waals surface area contributed by atoms with E-state index in [4.69, 9.17) is 5.11 Å². The van der Waals surface area contributed by atoms with Crippen LogP contribution < -0.4 is 4.90 Å². The van der Waals surface area contributed by atoms with Crippen molar-refractivity contribution in [2.24, 2.45) is 0 Å². The molecule has 20 heavy (non-hydrogen) atoms. The van der Waals surface area contributed by atoms with E-state index in [1.807, 2.05) is 0 Å². The Morgan fingerprint density at radius 3 is 2.40 bits per heavy atom. The van der Waals surface area contributed by atoms with Crippen LogP contribution in [-0.2, 0) is 0 Å². The zero-order chi connectivity index (χ0) is 14.7. The van der Waals surface area contributed by atoms with Gasteiger partial charge in [-0.15, -0.1) is 0 Å². The topological polar surface area (TPSA) is 40.5 Å². The summed E-state index contributed by atoms with van der Waals surface area (Å²) in [6.45, 7) is 2.22. The van der Waals surface area contributed by atoms with E-state index in [1.54, 1.807) is 30.0 Å². The van der Waals surface area contributed by atoms with Gasteiger partial charge in [-0.2, -0.15) is 0 Å². The SMILES string of the molecule is CCN(c1ccc(C(=O)O)c(F)c1)c1ccccc1F. The Hall–Kier alpha value is -2.43. The fourth-order valence-corrected chi connectivity index (χ4v) is 2.01. The lowest BCUT2D eigenvalue weighted by molar-refractivity contribution is 0.0692. The number of hydrogen-bond acceptors (Lipinski definition) is 2. The Bertz CT molecular complexity index is 644. The van der Waals surface area contributed by atoms with Crippen molar-refractivity contribution in [1.29, 1.82) is 0 Å². The van der Waals surface area contributed by atoms with Crippen molar-refractivity contribution >= 4 is 17.3 Å². The standard InChI is InChI=1S/C15H13F2NO2/c1-2-18(14-6-4-3-5-12(14)16)10-7-8-11(15(19)20)13(17)9-10/h3-9H,2H2,1H3,(H,19,20). The van der Waals surface area contributed by atoms with Gasteiger partial charge in [0.2, 0.25) is 0 Å². The molecule has 104 valence electrons. The monoisotopic (exact) mass is 277 g/mol. The molecule has 0 unspecified atom stereocenters. The van der Waals surface area contributed by atoms with E-state index in [2.05, 4.69) is 0 Å². The van der Waals surface area contributed by atoms with E-state index < -0.39 is 23.2 Å². The van der Waals surface area contributed by atoms with E-state index in [1.165, 1.54) is 18.2 Å². The number of aromatic carboxylic acids is 1. The Balaban J connectivity index is 2.46. The van der Waals surface area contributed by atoms with Gasteiger partial charge >= 0.3 is 5.97 Å². The highest BCUT2D eigenvalue weighted by Crippen LogP contribution is 2.28. The maximum Gasteiger partial charge on any atom is 0.338 e. The first-order valence-corrected chi connectivity index (χ1v) is 6.09. The molecule has 0 radical (unpaired) electrons. The third-order valence-electron chi connectivity index (χ3n) is 2.95. The third-order valence-corrected chi connectivity index (χ3v) is 2.95. The summed E-state index contributed by atoms with van der Waals surface area (Å²) in [6, 6.07) is 9.89. The van der Waals surface area contributed by atoms with Crippen LogP contribution in [0.25, 0.3) is 0 Å². The highest BCUT2D eigenvalue weighted by Gasteiger charge is 2.15. The van der Waals surface area contributed by atoms with Gasteiger partial charge in [-0.3, -0.25) is 0 Å². The van der Waals surface area contributed by atoms with Crippen molar-refractivity contribution in [2.45, 2.75) is 6.92 Å². The average Bonchev–Trinajstić information content (AvgIpc) is 2.41. The van der Waals surface area contributed by atoms with Crippen LogP contribution in [0.4, 0.5) is 20.2 Å². The van der Waals surface area contributed by atoms with Crippen molar-refractivity contribution in [3.8, 4) is 0 Å². The van der Waals surface area contributed by atoms with E-state index in [9.17, 15) is 13.6 Å². The highest BCUT2D eigenvalue weighted by molar-refractivity contribution is 5.88. The van der Waals surface area contributed by atoms with E-state index in [0.29, 0.717) is 17.9 Å². The number of hydrogen-bond donors (Lipinski definition) is 1. The summed E-state index contributed by atoms with van der Waals surface area (Å²) in [5.74, 6) is -2.59. The van der Waals surface area contributed by atoms with Crippen LogP contribution in [0.5, 0.6) is 0 Å². The average molecular weight is 277 g/mol. The Morgan fingerprint density at radius 2 is 1.85 bits per heavy atom. The molecule has 0 fully saturated rings. The first-order chi connectivity index (χ1) is 9.54. The molecule has 2 aromatic carbocycles. The number of para-hydroxylation sites is 1. The largest absolute Gasteiger partial charge is 0.478 e. The molecule has 0 aromatic heterocycles. The number of rotatable bonds is 4. The molecule has 0 bridgehead atoms. The van der Waals surface area contributed by atoms with Gasteiger partial charge in [0, 0.05) is 12.2 Å². The summed E-state index contributed by atoms with van der Waals surface area (Å²) in [4.78, 5) is 12.4. The fraction of sp³-hybridized carbons (Fsp3) is 0.133. The maximum atomic E-state index is 13.8. The van der Waals surface area contributed by atoms with Crippen LogP contribution in [0.15, 0.2) is 42.5 Å². The molecule has 0 aliphatic heterocycles. The zero-order valence-corrected chi connectivity index (χ0v) is 10.8. The number of carboxylic acid groups (broad SMARTS) is 1. The lowest BCUT2D eigenvalue weighted by Crippen LogP contribution is -2.18. The summed E-state index contributed by atoms with van der Waals surface area (Å²) in [5, 5.41) is 8.80. The van der Waals surface area contributed by atoms with Gasteiger partial charge in [0.15, 0.2) is 0 Å². The van der Waals surface area contributed by atoms with Crippen molar-refractivity contribution < 1.29 is 18.7 Å². The molecule has 0 aliphatic rings. The number of nitrogens with zero attached hydrogens (tertiary/aromatic N) is 1. The van der Waals surface area contributed by atoms with Crippen LogP contribution in [0.2, 0.25) is 0 Å². The first-order valence-electron chi connectivity index (χ1n) is 6.09. The number of carboxylic acids is 1. The summed E-state index contributed by atoms with van der Waals surface area (Å²) in [7, 11) is 0. The van der Waals surface area contributed by atoms with Crippen molar-refractivity contribution in [2.75, 3.05) is 11.4 Å². The normalized spacial score (nSPS) is 10.3. The van der Waals surface area contributed by atoms with E-state index in [0.717, 1.165) is 6.07 Å². The van der Waals surface area contributed by atoms with Gasteiger partial charge < -0.3 is 10.0 Å². The Kier molecular flexibility index (Phi) is 3.98. The molecule has 0 saturated heterocycles. The molecule has 2 rings (SSSR count). The smallest absolute Gasteiger partial charge is 0.338 e. The lowest BCUT2D eigenvalue weighted by Gasteiger charge is -2.24. The summed E-state index contributed by atoms with van der Waals surface area (Å²) < 4.78 is 27.5. The van der Waals surface area contributed by atoms with Crippen LogP contribution in [0.3, 0.4) is 0 Å². The van der Waals surface area contributed by atoms with Crippen LogP contribution in [-0.4, -0.2) is 17.6 Å². The summed E-state index contributed by atoms with van der Waals surface area (Å²) >= 11 is 0. The summed E-state index contributed by atoms with van der Waals surface area (Å²) in [5.41, 5.74) is 0.316. The minimum absolute atomic E-state index is 0.317. The second kappa shape index (κ2) is 5.69. The molecule has 0 aliphatic carbocycles. The van der Waals surface area contributed by atoms with Crippen molar-refractivity contribution in [1.82, 2.24) is 0 Å². The molecule has 0 saturated carbocycles. The highest BCUT2D eigenvalue weighted by atomic mass is 19.1. The molecule has 5 heteroatoms. The van der Waals surface area contributed by atoms with Gasteiger partial charge in [0.05, 0.1) is 11.3 Å². The number of anilines is 2. The van der Waals surface area contributed by atoms with Crippen LogP contribution in [0, 0.1) is 11.6 Å². The zero-order valence-electron chi connectivity index (χ0n) is 10.8. The van der Waals surface area contributed by atoms with Crippen LogP contribution in [0.1, 0.15) is 17.3 Å². The second-order valence-electron chi connectivity index (χ2n) is 4.16. The minimum Gasteiger partial charge on any atom is -0.478 e. The Labute approximate surface area is 115 Å². The molecule has 1 N–H and O–H groups in total. The predicted octanol–water partition coefficient (Wildman–Crippen LogP) is 3.82. The molecule has 0 spiro atoms. The molecule has 3 nitrogen and oxygen atoms in total. The molecular formula is C15H13F2NO2. The van der Waals surface area contributed by atoms with E-state index >= 15 is 0 Å². The molecule has 0 atom stereocenters. The van der Waals surface area contributed by atoms with E-state index in [-0.39, 0.29) is 0 Å². The van der Waals surface area contributed by atoms with Crippen molar-refractivity contribution in [3.63, 3.8) is 0 Å².